The summed E-state index contributed by atoms with van der Waals surface area (Å²) >= 11 is 0. The monoisotopic (exact) mass is 261 g/mol. The van der Waals surface area contributed by atoms with E-state index in [0.717, 1.165) is 30.2 Å². The summed E-state index contributed by atoms with van der Waals surface area (Å²) in [5, 5.41) is 3.60. The van der Waals surface area contributed by atoms with E-state index in [1.807, 2.05) is 6.07 Å². The standard InChI is InChI=1S/C10H21N.C8H10/c1-5-10-9(4)8(3)7(2)6-11-10;1-2-8-6-4-3-5-7-8/h7-11H,5-6H2,1-4H3;3-7H,2H2,1H3/t7-,8+,9-,10+;/m1./s1. The summed E-state index contributed by atoms with van der Waals surface area (Å²) in [6.07, 6.45) is 2.42. The zero-order valence-electron chi connectivity index (χ0n) is 13.3. The smallest absolute Gasteiger partial charge is 0.00928 e. The molecule has 0 spiro atoms. The van der Waals surface area contributed by atoms with Gasteiger partial charge in [0, 0.05) is 6.04 Å². The molecule has 1 saturated heterocycles. The Morgan fingerprint density at radius 2 is 1.63 bits per heavy atom. The van der Waals surface area contributed by atoms with E-state index < -0.39 is 0 Å². The van der Waals surface area contributed by atoms with Crippen LogP contribution in [0.2, 0.25) is 0 Å². The summed E-state index contributed by atoms with van der Waals surface area (Å²) < 4.78 is 0. The third-order valence-electron chi connectivity index (χ3n) is 4.75. The highest BCUT2D eigenvalue weighted by Gasteiger charge is 2.29. The van der Waals surface area contributed by atoms with Gasteiger partial charge in [-0.1, -0.05) is 65.0 Å². The van der Waals surface area contributed by atoms with E-state index in [1.54, 1.807) is 0 Å². The minimum absolute atomic E-state index is 0.765. The maximum absolute atomic E-state index is 3.60. The van der Waals surface area contributed by atoms with E-state index in [2.05, 4.69) is 64.2 Å². The highest BCUT2D eigenvalue weighted by molar-refractivity contribution is 5.13. The van der Waals surface area contributed by atoms with E-state index in [-0.39, 0.29) is 0 Å². The average molecular weight is 261 g/mol. The van der Waals surface area contributed by atoms with Crippen LogP contribution in [0.4, 0.5) is 0 Å². The van der Waals surface area contributed by atoms with E-state index in [0.29, 0.717) is 0 Å². The largest absolute Gasteiger partial charge is 0.313 e. The Morgan fingerprint density at radius 3 is 2.11 bits per heavy atom. The topological polar surface area (TPSA) is 12.0 Å². The van der Waals surface area contributed by atoms with Gasteiger partial charge in [-0.05, 0) is 42.7 Å². The number of benzene rings is 1. The minimum atomic E-state index is 0.765. The molecule has 0 radical (unpaired) electrons. The summed E-state index contributed by atoms with van der Waals surface area (Å²) in [7, 11) is 0. The van der Waals surface area contributed by atoms with Crippen molar-refractivity contribution in [1.29, 1.82) is 0 Å². The van der Waals surface area contributed by atoms with Crippen LogP contribution in [-0.4, -0.2) is 12.6 Å². The molecule has 1 aromatic carbocycles. The normalized spacial score (nSPS) is 30.4. The van der Waals surface area contributed by atoms with Crippen LogP contribution in [-0.2, 0) is 6.42 Å². The van der Waals surface area contributed by atoms with Gasteiger partial charge in [0.15, 0.2) is 0 Å². The number of hydrogen-bond donors (Lipinski definition) is 1. The molecule has 1 heteroatoms. The Kier molecular flexibility index (Phi) is 7.15. The van der Waals surface area contributed by atoms with Gasteiger partial charge in [0.1, 0.15) is 0 Å². The van der Waals surface area contributed by atoms with Crippen LogP contribution in [0.15, 0.2) is 30.3 Å². The van der Waals surface area contributed by atoms with Crippen molar-refractivity contribution >= 4 is 0 Å². The van der Waals surface area contributed by atoms with Crippen molar-refractivity contribution in [2.45, 2.75) is 53.5 Å². The molecule has 1 fully saturated rings. The molecule has 1 heterocycles. The Bertz CT molecular complexity index is 331. The average Bonchev–Trinajstić information content (AvgIpc) is 2.46. The van der Waals surface area contributed by atoms with E-state index in [1.165, 1.54) is 18.5 Å². The van der Waals surface area contributed by atoms with E-state index in [9.17, 15) is 0 Å². The lowest BCUT2D eigenvalue weighted by atomic mass is 9.77. The van der Waals surface area contributed by atoms with Crippen molar-refractivity contribution in [1.82, 2.24) is 5.32 Å². The number of rotatable bonds is 2. The molecule has 0 bridgehead atoms. The summed E-state index contributed by atoms with van der Waals surface area (Å²) in [4.78, 5) is 0. The maximum atomic E-state index is 3.60. The number of piperidine rings is 1. The van der Waals surface area contributed by atoms with E-state index in [4.69, 9.17) is 0 Å². The summed E-state index contributed by atoms with van der Waals surface area (Å²) in [5.74, 6) is 2.60. The van der Waals surface area contributed by atoms with Gasteiger partial charge < -0.3 is 5.32 Å². The van der Waals surface area contributed by atoms with Crippen molar-refractivity contribution in [3.8, 4) is 0 Å². The molecule has 0 saturated carbocycles. The van der Waals surface area contributed by atoms with Crippen LogP contribution in [0, 0.1) is 17.8 Å². The predicted octanol–water partition coefficient (Wildman–Crippen LogP) is 4.53. The van der Waals surface area contributed by atoms with Gasteiger partial charge in [-0.3, -0.25) is 0 Å². The second-order valence-corrected chi connectivity index (χ2v) is 5.96. The molecule has 2 rings (SSSR count). The molecule has 0 aromatic heterocycles. The second-order valence-electron chi connectivity index (χ2n) is 5.96. The zero-order chi connectivity index (χ0) is 14.3. The molecule has 1 aliphatic rings. The lowest BCUT2D eigenvalue weighted by Gasteiger charge is -2.39. The molecule has 0 aliphatic carbocycles. The first-order chi connectivity index (χ1) is 9.10. The third-order valence-corrected chi connectivity index (χ3v) is 4.75. The van der Waals surface area contributed by atoms with Crippen molar-refractivity contribution in [2.24, 2.45) is 17.8 Å². The van der Waals surface area contributed by atoms with Gasteiger partial charge in [0.25, 0.3) is 0 Å². The summed E-state index contributed by atoms with van der Waals surface area (Å²) in [6, 6.07) is 11.2. The fourth-order valence-corrected chi connectivity index (χ4v) is 2.82. The van der Waals surface area contributed by atoms with Gasteiger partial charge >= 0.3 is 0 Å². The van der Waals surface area contributed by atoms with Crippen molar-refractivity contribution < 1.29 is 0 Å². The molecule has 1 nitrogen and oxygen atoms in total. The molecule has 0 unspecified atom stereocenters. The van der Waals surface area contributed by atoms with Gasteiger partial charge in [0.2, 0.25) is 0 Å². The molecule has 4 atom stereocenters. The Labute approximate surface area is 119 Å². The third kappa shape index (κ3) is 4.99. The lowest BCUT2D eigenvalue weighted by Crippen LogP contribution is -2.47. The first-order valence-corrected chi connectivity index (χ1v) is 7.87. The van der Waals surface area contributed by atoms with Gasteiger partial charge in [0.05, 0.1) is 0 Å². The second kappa shape index (κ2) is 8.37. The Morgan fingerprint density at radius 1 is 1.00 bits per heavy atom. The van der Waals surface area contributed by atoms with Gasteiger partial charge in [-0.15, -0.1) is 0 Å². The fourth-order valence-electron chi connectivity index (χ4n) is 2.82. The van der Waals surface area contributed by atoms with Gasteiger partial charge in [-0.2, -0.15) is 0 Å². The van der Waals surface area contributed by atoms with Crippen molar-refractivity contribution in [3.05, 3.63) is 35.9 Å². The molecule has 0 amide bonds. The first-order valence-electron chi connectivity index (χ1n) is 7.87. The number of aryl methyl sites for hydroxylation is 1. The van der Waals surface area contributed by atoms with Crippen LogP contribution < -0.4 is 5.32 Å². The zero-order valence-corrected chi connectivity index (χ0v) is 13.3. The predicted molar refractivity (Wildman–Crippen MR) is 85.4 cm³/mol. The number of hydrogen-bond acceptors (Lipinski definition) is 1. The minimum Gasteiger partial charge on any atom is -0.313 e. The maximum Gasteiger partial charge on any atom is 0.00928 e. The van der Waals surface area contributed by atoms with Gasteiger partial charge in [-0.25, -0.2) is 0 Å². The first kappa shape index (κ1) is 16.2. The Hall–Kier alpha value is -0.820. The summed E-state index contributed by atoms with van der Waals surface area (Å²) in [6.45, 7) is 12.8. The molecule has 1 aliphatic heterocycles. The van der Waals surface area contributed by atoms with Crippen LogP contribution in [0.25, 0.3) is 0 Å². The van der Waals surface area contributed by atoms with Crippen LogP contribution in [0.5, 0.6) is 0 Å². The summed E-state index contributed by atoms with van der Waals surface area (Å²) in [5.41, 5.74) is 1.41. The van der Waals surface area contributed by atoms with E-state index >= 15 is 0 Å². The molecular weight excluding hydrogens is 230 g/mol. The van der Waals surface area contributed by atoms with Crippen LogP contribution in [0.1, 0.15) is 46.6 Å². The Balaban J connectivity index is 0.000000200. The molecule has 19 heavy (non-hydrogen) atoms. The van der Waals surface area contributed by atoms with Crippen molar-refractivity contribution in [3.63, 3.8) is 0 Å². The van der Waals surface area contributed by atoms with Crippen LogP contribution >= 0.6 is 0 Å². The quantitative estimate of drug-likeness (QED) is 0.825. The molecule has 108 valence electrons. The highest BCUT2D eigenvalue weighted by atomic mass is 14.9. The highest BCUT2D eigenvalue weighted by Crippen LogP contribution is 2.28. The van der Waals surface area contributed by atoms with Crippen LogP contribution in [0.3, 0.4) is 0 Å². The van der Waals surface area contributed by atoms with Crippen molar-refractivity contribution in [2.75, 3.05) is 6.54 Å². The number of nitrogens with one attached hydrogen (secondary N) is 1. The molecule has 1 aromatic rings. The SMILES string of the molecule is CC[C@@H]1NC[C@@H](C)[C@H](C)[C@H]1C.CCc1ccccc1. The molecular formula is C18H31N. The fraction of sp³-hybridized carbons (Fsp3) is 0.667. The molecule has 1 N–H and O–H groups in total. The lowest BCUT2D eigenvalue weighted by molar-refractivity contribution is 0.156.